The first-order valence-electron chi connectivity index (χ1n) is 7.83. The molecule has 1 fully saturated rings. The number of likely N-dealkylation sites (N-methyl/N-ethyl adjacent to an activating group) is 1. The Morgan fingerprint density at radius 2 is 2.24 bits per heavy atom. The first-order valence-corrected chi connectivity index (χ1v) is 7.83. The lowest BCUT2D eigenvalue weighted by atomic mass is 10.1. The third kappa shape index (κ3) is 3.17. The highest BCUT2D eigenvalue weighted by atomic mass is 16.1. The second-order valence-electron chi connectivity index (χ2n) is 5.77. The molecule has 3 rings (SSSR count). The lowest BCUT2D eigenvalue weighted by Crippen LogP contribution is -2.38. The van der Waals surface area contributed by atoms with Crippen molar-refractivity contribution in [2.45, 2.75) is 32.4 Å². The molecule has 1 saturated heterocycles. The van der Waals surface area contributed by atoms with Crippen LogP contribution in [0.3, 0.4) is 0 Å². The van der Waals surface area contributed by atoms with Gasteiger partial charge in [-0.05, 0) is 43.5 Å². The van der Waals surface area contributed by atoms with E-state index in [4.69, 9.17) is 0 Å². The van der Waals surface area contributed by atoms with E-state index in [-0.39, 0.29) is 5.56 Å². The average molecular weight is 285 g/mol. The summed E-state index contributed by atoms with van der Waals surface area (Å²) in [5.41, 5.74) is 1.73. The summed E-state index contributed by atoms with van der Waals surface area (Å²) in [6, 6.07) is 10.5. The Morgan fingerprint density at radius 3 is 3.10 bits per heavy atom. The molecule has 4 nitrogen and oxygen atoms in total. The Kier molecular flexibility index (Phi) is 4.36. The van der Waals surface area contributed by atoms with Crippen LogP contribution >= 0.6 is 0 Å². The molecular formula is C17H23N3O. The molecule has 0 bridgehead atoms. The van der Waals surface area contributed by atoms with Crippen LogP contribution in [0.25, 0.3) is 10.9 Å². The number of pyridine rings is 1. The van der Waals surface area contributed by atoms with Crippen LogP contribution in [0.5, 0.6) is 0 Å². The van der Waals surface area contributed by atoms with Crippen LogP contribution in [-0.2, 0) is 6.54 Å². The molecule has 4 heteroatoms. The number of hydrogen-bond acceptors (Lipinski definition) is 3. The van der Waals surface area contributed by atoms with Gasteiger partial charge in [0.1, 0.15) is 0 Å². The molecular weight excluding hydrogens is 262 g/mol. The number of fused-ring (bicyclic) bond motifs is 1. The number of likely N-dealkylation sites (tertiary alicyclic amines) is 1. The lowest BCUT2D eigenvalue weighted by molar-refractivity contribution is 0.260. The first-order chi connectivity index (χ1) is 10.3. The molecule has 2 heterocycles. The van der Waals surface area contributed by atoms with Crippen LogP contribution in [-0.4, -0.2) is 35.6 Å². The van der Waals surface area contributed by atoms with Gasteiger partial charge in [-0.3, -0.25) is 9.69 Å². The SMILES string of the molecule is CCN1CCC[C@H]1CNCc1cc2ccccc2[nH]c1=O. The highest BCUT2D eigenvalue weighted by Crippen LogP contribution is 2.15. The Morgan fingerprint density at radius 1 is 1.38 bits per heavy atom. The number of rotatable bonds is 5. The molecule has 112 valence electrons. The number of para-hydroxylation sites is 1. The number of benzene rings is 1. The van der Waals surface area contributed by atoms with Gasteiger partial charge in [-0.25, -0.2) is 0 Å². The van der Waals surface area contributed by atoms with Gasteiger partial charge in [-0.1, -0.05) is 25.1 Å². The van der Waals surface area contributed by atoms with Crippen molar-refractivity contribution < 1.29 is 0 Å². The van der Waals surface area contributed by atoms with Crippen molar-refractivity contribution in [3.05, 3.63) is 46.2 Å². The summed E-state index contributed by atoms with van der Waals surface area (Å²) in [7, 11) is 0. The highest BCUT2D eigenvalue weighted by Gasteiger charge is 2.22. The highest BCUT2D eigenvalue weighted by molar-refractivity contribution is 5.78. The van der Waals surface area contributed by atoms with Crippen LogP contribution in [0.1, 0.15) is 25.3 Å². The Labute approximate surface area is 125 Å². The van der Waals surface area contributed by atoms with Gasteiger partial charge in [-0.2, -0.15) is 0 Å². The van der Waals surface area contributed by atoms with E-state index in [9.17, 15) is 4.79 Å². The number of H-pyrrole nitrogens is 1. The second-order valence-corrected chi connectivity index (χ2v) is 5.77. The summed E-state index contributed by atoms with van der Waals surface area (Å²) >= 11 is 0. The molecule has 0 spiro atoms. The molecule has 0 saturated carbocycles. The fourth-order valence-corrected chi connectivity index (χ4v) is 3.24. The summed E-state index contributed by atoms with van der Waals surface area (Å²) in [6.45, 7) is 6.13. The monoisotopic (exact) mass is 285 g/mol. The van der Waals surface area contributed by atoms with Crippen LogP contribution in [0.4, 0.5) is 0 Å². The third-order valence-electron chi connectivity index (χ3n) is 4.43. The number of nitrogens with zero attached hydrogens (tertiary/aromatic N) is 1. The van der Waals surface area contributed by atoms with Crippen molar-refractivity contribution >= 4 is 10.9 Å². The van der Waals surface area contributed by atoms with Crippen LogP contribution in [0, 0.1) is 0 Å². The van der Waals surface area contributed by atoms with E-state index in [1.807, 2.05) is 30.3 Å². The van der Waals surface area contributed by atoms with Gasteiger partial charge in [0.05, 0.1) is 0 Å². The minimum absolute atomic E-state index is 0.0139. The quantitative estimate of drug-likeness (QED) is 0.884. The van der Waals surface area contributed by atoms with E-state index in [2.05, 4.69) is 22.1 Å². The lowest BCUT2D eigenvalue weighted by Gasteiger charge is -2.22. The van der Waals surface area contributed by atoms with Gasteiger partial charge in [0.2, 0.25) is 0 Å². The van der Waals surface area contributed by atoms with Crippen LogP contribution in [0.2, 0.25) is 0 Å². The maximum Gasteiger partial charge on any atom is 0.252 e. The third-order valence-corrected chi connectivity index (χ3v) is 4.43. The molecule has 1 aromatic carbocycles. The molecule has 21 heavy (non-hydrogen) atoms. The van der Waals surface area contributed by atoms with Crippen molar-refractivity contribution in [3.8, 4) is 0 Å². The zero-order valence-corrected chi connectivity index (χ0v) is 12.6. The van der Waals surface area contributed by atoms with Crippen molar-refractivity contribution in [3.63, 3.8) is 0 Å². The zero-order chi connectivity index (χ0) is 14.7. The number of hydrogen-bond donors (Lipinski definition) is 2. The van der Waals surface area contributed by atoms with Crippen molar-refractivity contribution in [2.75, 3.05) is 19.6 Å². The van der Waals surface area contributed by atoms with Gasteiger partial charge < -0.3 is 10.3 Å². The maximum atomic E-state index is 12.1. The van der Waals surface area contributed by atoms with Gasteiger partial charge >= 0.3 is 0 Å². The largest absolute Gasteiger partial charge is 0.322 e. The predicted octanol–water partition coefficient (Wildman–Crippen LogP) is 2.10. The van der Waals surface area contributed by atoms with Crippen molar-refractivity contribution in [1.82, 2.24) is 15.2 Å². The summed E-state index contributed by atoms with van der Waals surface area (Å²) in [6.07, 6.45) is 2.55. The topological polar surface area (TPSA) is 48.1 Å². The summed E-state index contributed by atoms with van der Waals surface area (Å²) in [5.74, 6) is 0. The van der Waals surface area contributed by atoms with E-state index in [1.54, 1.807) is 0 Å². The van der Waals surface area contributed by atoms with E-state index < -0.39 is 0 Å². The molecule has 1 aliphatic heterocycles. The molecule has 2 aromatic rings. The molecule has 0 radical (unpaired) electrons. The van der Waals surface area contributed by atoms with Gasteiger partial charge in [0.15, 0.2) is 0 Å². The van der Waals surface area contributed by atoms with Gasteiger partial charge in [0.25, 0.3) is 5.56 Å². The second kappa shape index (κ2) is 6.41. The molecule has 0 aliphatic carbocycles. The standard InChI is InChI=1S/C17H23N3O/c1-2-20-9-5-7-15(20)12-18-11-14-10-13-6-3-4-8-16(13)19-17(14)21/h3-4,6,8,10,15,18H,2,5,7,9,11-12H2,1H3,(H,19,21)/t15-/m0/s1. The Bertz CT molecular complexity index is 664. The van der Waals surface area contributed by atoms with E-state index in [0.717, 1.165) is 29.6 Å². The summed E-state index contributed by atoms with van der Waals surface area (Å²) < 4.78 is 0. The Balaban J connectivity index is 1.65. The van der Waals surface area contributed by atoms with E-state index in [1.165, 1.54) is 19.4 Å². The predicted molar refractivity (Wildman–Crippen MR) is 86.5 cm³/mol. The van der Waals surface area contributed by atoms with Crippen molar-refractivity contribution in [2.24, 2.45) is 0 Å². The molecule has 1 aliphatic rings. The average Bonchev–Trinajstić information content (AvgIpc) is 2.95. The normalized spacial score (nSPS) is 19.4. The number of aromatic amines is 1. The fourth-order valence-electron chi connectivity index (χ4n) is 3.24. The smallest absolute Gasteiger partial charge is 0.252 e. The molecule has 0 amide bonds. The first kappa shape index (κ1) is 14.3. The zero-order valence-electron chi connectivity index (χ0n) is 12.6. The van der Waals surface area contributed by atoms with E-state index >= 15 is 0 Å². The fraction of sp³-hybridized carbons (Fsp3) is 0.471. The maximum absolute atomic E-state index is 12.1. The molecule has 2 N–H and O–H groups in total. The summed E-state index contributed by atoms with van der Waals surface area (Å²) in [5, 5.41) is 4.54. The molecule has 1 atom stereocenters. The summed E-state index contributed by atoms with van der Waals surface area (Å²) in [4.78, 5) is 17.5. The van der Waals surface area contributed by atoms with Crippen LogP contribution < -0.4 is 10.9 Å². The molecule has 1 aromatic heterocycles. The minimum atomic E-state index is 0.0139. The minimum Gasteiger partial charge on any atom is -0.322 e. The van der Waals surface area contributed by atoms with Gasteiger partial charge in [0, 0.05) is 30.2 Å². The number of nitrogens with one attached hydrogen (secondary N) is 2. The number of aromatic nitrogens is 1. The molecule has 0 unspecified atom stereocenters. The van der Waals surface area contributed by atoms with Crippen molar-refractivity contribution in [1.29, 1.82) is 0 Å². The Hall–Kier alpha value is -1.65. The van der Waals surface area contributed by atoms with E-state index in [0.29, 0.717) is 12.6 Å². The van der Waals surface area contributed by atoms with Gasteiger partial charge in [-0.15, -0.1) is 0 Å². The van der Waals surface area contributed by atoms with Crippen LogP contribution in [0.15, 0.2) is 35.1 Å².